The molecular weight excluding hydrogens is 308 g/mol. The molecule has 2 heterocycles. The van der Waals surface area contributed by atoms with E-state index >= 15 is 0 Å². The van der Waals surface area contributed by atoms with E-state index in [-0.39, 0.29) is 18.2 Å². The number of aryl methyl sites for hydroxylation is 1. The van der Waals surface area contributed by atoms with Gasteiger partial charge in [0, 0.05) is 25.2 Å². The lowest BCUT2D eigenvalue weighted by atomic mass is 10.1. The molecule has 2 atom stereocenters. The molecule has 6 heteroatoms. The van der Waals surface area contributed by atoms with E-state index in [2.05, 4.69) is 0 Å². The Labute approximate surface area is 141 Å². The Hall–Kier alpha value is -2.37. The zero-order valence-electron chi connectivity index (χ0n) is 13.8. The highest BCUT2D eigenvalue weighted by Gasteiger charge is 2.42. The molecule has 2 fully saturated rings. The van der Waals surface area contributed by atoms with E-state index in [1.54, 1.807) is 4.90 Å². The summed E-state index contributed by atoms with van der Waals surface area (Å²) < 4.78 is 0. The van der Waals surface area contributed by atoms with E-state index in [0.717, 1.165) is 17.7 Å². The maximum absolute atomic E-state index is 12.7. The Morgan fingerprint density at radius 1 is 1.29 bits per heavy atom. The Kier molecular flexibility index (Phi) is 4.55. The van der Waals surface area contributed by atoms with Crippen LogP contribution in [0, 0.1) is 5.92 Å². The molecule has 0 saturated carbocycles. The Morgan fingerprint density at radius 2 is 2.04 bits per heavy atom. The van der Waals surface area contributed by atoms with E-state index in [9.17, 15) is 19.5 Å². The van der Waals surface area contributed by atoms with E-state index in [4.69, 9.17) is 0 Å². The molecule has 2 aliphatic heterocycles. The summed E-state index contributed by atoms with van der Waals surface area (Å²) in [4.78, 5) is 39.6. The molecule has 128 valence electrons. The van der Waals surface area contributed by atoms with Gasteiger partial charge in [-0.3, -0.25) is 9.59 Å². The monoisotopic (exact) mass is 330 g/mol. The number of carboxylic acids is 1. The number of carboxylic acid groups (broad SMARTS) is 1. The van der Waals surface area contributed by atoms with Crippen LogP contribution in [-0.4, -0.2) is 46.9 Å². The van der Waals surface area contributed by atoms with Gasteiger partial charge in [0.1, 0.15) is 6.04 Å². The minimum atomic E-state index is -0.960. The van der Waals surface area contributed by atoms with E-state index in [1.165, 1.54) is 4.90 Å². The minimum absolute atomic E-state index is 0.0691. The molecule has 2 aliphatic rings. The Morgan fingerprint density at radius 3 is 2.75 bits per heavy atom. The van der Waals surface area contributed by atoms with Gasteiger partial charge in [0.05, 0.1) is 5.92 Å². The molecule has 0 bridgehead atoms. The number of likely N-dealkylation sites (tertiary alicyclic amines) is 1. The van der Waals surface area contributed by atoms with Gasteiger partial charge in [-0.05, 0) is 30.9 Å². The summed E-state index contributed by atoms with van der Waals surface area (Å²) in [7, 11) is 0. The van der Waals surface area contributed by atoms with Crippen LogP contribution in [0.15, 0.2) is 24.3 Å². The van der Waals surface area contributed by atoms with Gasteiger partial charge >= 0.3 is 5.97 Å². The molecule has 1 unspecified atom stereocenters. The van der Waals surface area contributed by atoms with Crippen molar-refractivity contribution < 1.29 is 19.5 Å². The standard InChI is InChI=1S/C18H22N2O4/c1-2-12-6-3-4-7-14(12)20-11-13(10-16(20)21)17(22)19-9-5-8-15(19)18(23)24/h3-4,6-7,13,15H,2,5,8-11H2,1H3,(H,23,24)/t13?,15-/m0/s1. The van der Waals surface area contributed by atoms with Crippen molar-refractivity contribution in [1.82, 2.24) is 4.90 Å². The van der Waals surface area contributed by atoms with E-state index < -0.39 is 17.9 Å². The van der Waals surface area contributed by atoms with Crippen LogP contribution in [0.4, 0.5) is 5.69 Å². The number of para-hydroxylation sites is 1. The van der Waals surface area contributed by atoms with Gasteiger partial charge in [0.15, 0.2) is 0 Å². The first-order valence-corrected chi connectivity index (χ1v) is 8.44. The predicted molar refractivity (Wildman–Crippen MR) is 88.7 cm³/mol. The minimum Gasteiger partial charge on any atom is -0.480 e. The zero-order valence-corrected chi connectivity index (χ0v) is 13.8. The second-order valence-electron chi connectivity index (χ2n) is 6.42. The Balaban J connectivity index is 1.77. The number of aliphatic carboxylic acids is 1. The first-order valence-electron chi connectivity index (χ1n) is 8.44. The molecule has 2 saturated heterocycles. The summed E-state index contributed by atoms with van der Waals surface area (Å²) in [6.07, 6.45) is 2.15. The molecule has 3 rings (SSSR count). The molecule has 24 heavy (non-hydrogen) atoms. The van der Waals surface area contributed by atoms with Gasteiger partial charge in [-0.1, -0.05) is 25.1 Å². The normalized spacial score (nSPS) is 23.8. The van der Waals surface area contributed by atoms with Crippen LogP contribution in [0.5, 0.6) is 0 Å². The Bertz CT molecular complexity index is 673. The fourth-order valence-electron chi connectivity index (χ4n) is 3.70. The van der Waals surface area contributed by atoms with Crippen molar-refractivity contribution in [2.75, 3.05) is 18.0 Å². The molecule has 1 aromatic carbocycles. The van der Waals surface area contributed by atoms with Crippen molar-refractivity contribution in [1.29, 1.82) is 0 Å². The maximum atomic E-state index is 12.7. The molecule has 6 nitrogen and oxygen atoms in total. The van der Waals surface area contributed by atoms with Crippen LogP contribution in [-0.2, 0) is 20.8 Å². The third-order valence-corrected chi connectivity index (χ3v) is 4.96. The third-order valence-electron chi connectivity index (χ3n) is 4.96. The van der Waals surface area contributed by atoms with Gasteiger partial charge in [-0.15, -0.1) is 0 Å². The van der Waals surface area contributed by atoms with Gasteiger partial charge in [0.2, 0.25) is 11.8 Å². The van der Waals surface area contributed by atoms with Crippen molar-refractivity contribution in [3.8, 4) is 0 Å². The van der Waals surface area contributed by atoms with Crippen molar-refractivity contribution in [2.45, 2.75) is 38.6 Å². The van der Waals surface area contributed by atoms with E-state index in [1.807, 2.05) is 31.2 Å². The second-order valence-corrected chi connectivity index (χ2v) is 6.42. The summed E-state index contributed by atoms with van der Waals surface area (Å²) >= 11 is 0. The first-order chi connectivity index (χ1) is 11.5. The lowest BCUT2D eigenvalue weighted by Gasteiger charge is -2.25. The van der Waals surface area contributed by atoms with Crippen LogP contribution in [0.1, 0.15) is 31.7 Å². The highest BCUT2D eigenvalue weighted by Crippen LogP contribution is 2.31. The number of carbonyl (C=O) groups is 3. The van der Waals surface area contributed by atoms with Crippen LogP contribution in [0.25, 0.3) is 0 Å². The predicted octanol–water partition coefficient (Wildman–Crippen LogP) is 1.68. The van der Waals surface area contributed by atoms with Crippen LogP contribution < -0.4 is 4.90 Å². The largest absolute Gasteiger partial charge is 0.480 e. The average Bonchev–Trinajstić information content (AvgIpc) is 3.21. The van der Waals surface area contributed by atoms with Gasteiger partial charge in [-0.25, -0.2) is 4.79 Å². The number of hydrogen-bond donors (Lipinski definition) is 1. The fourth-order valence-corrected chi connectivity index (χ4v) is 3.70. The SMILES string of the molecule is CCc1ccccc1N1CC(C(=O)N2CCC[C@H]2C(=O)O)CC1=O. The summed E-state index contributed by atoms with van der Waals surface area (Å²) in [6.45, 7) is 2.83. The van der Waals surface area contributed by atoms with Gasteiger partial charge < -0.3 is 14.9 Å². The highest BCUT2D eigenvalue weighted by molar-refractivity contribution is 6.01. The number of benzene rings is 1. The summed E-state index contributed by atoms with van der Waals surface area (Å²) in [5.41, 5.74) is 1.93. The number of amides is 2. The lowest BCUT2D eigenvalue weighted by Crippen LogP contribution is -2.44. The third kappa shape index (κ3) is 2.88. The molecule has 0 radical (unpaired) electrons. The molecule has 0 spiro atoms. The number of hydrogen-bond acceptors (Lipinski definition) is 3. The second kappa shape index (κ2) is 6.63. The first kappa shape index (κ1) is 16.5. The van der Waals surface area contributed by atoms with Gasteiger partial charge in [-0.2, -0.15) is 0 Å². The summed E-state index contributed by atoms with van der Waals surface area (Å²) in [6, 6.07) is 6.97. The maximum Gasteiger partial charge on any atom is 0.326 e. The fraction of sp³-hybridized carbons (Fsp3) is 0.500. The smallest absolute Gasteiger partial charge is 0.326 e. The topological polar surface area (TPSA) is 77.9 Å². The number of rotatable bonds is 4. The van der Waals surface area contributed by atoms with Gasteiger partial charge in [0.25, 0.3) is 0 Å². The molecular formula is C18H22N2O4. The molecule has 0 aliphatic carbocycles. The van der Waals surface area contributed by atoms with Crippen LogP contribution in [0.3, 0.4) is 0 Å². The van der Waals surface area contributed by atoms with Crippen molar-refractivity contribution in [3.05, 3.63) is 29.8 Å². The highest BCUT2D eigenvalue weighted by atomic mass is 16.4. The van der Waals surface area contributed by atoms with Crippen LogP contribution >= 0.6 is 0 Å². The molecule has 0 aromatic heterocycles. The van der Waals surface area contributed by atoms with Crippen molar-refractivity contribution in [3.63, 3.8) is 0 Å². The summed E-state index contributed by atoms with van der Waals surface area (Å²) in [5, 5.41) is 9.25. The number of carbonyl (C=O) groups excluding carboxylic acids is 2. The molecule has 1 aromatic rings. The van der Waals surface area contributed by atoms with Crippen molar-refractivity contribution in [2.24, 2.45) is 5.92 Å². The molecule has 1 N–H and O–H groups in total. The number of nitrogens with zero attached hydrogens (tertiary/aromatic N) is 2. The lowest BCUT2D eigenvalue weighted by molar-refractivity contribution is -0.149. The average molecular weight is 330 g/mol. The quantitative estimate of drug-likeness (QED) is 0.911. The van der Waals surface area contributed by atoms with E-state index in [0.29, 0.717) is 25.9 Å². The summed E-state index contributed by atoms with van der Waals surface area (Å²) in [5.74, 6) is -1.69. The zero-order chi connectivity index (χ0) is 17.3. The van der Waals surface area contributed by atoms with Crippen molar-refractivity contribution >= 4 is 23.5 Å². The number of anilines is 1. The van der Waals surface area contributed by atoms with Crippen LogP contribution in [0.2, 0.25) is 0 Å². The molecule has 2 amide bonds.